The van der Waals surface area contributed by atoms with Crippen LogP contribution in [0.5, 0.6) is 5.75 Å². The Bertz CT molecular complexity index is 374. The van der Waals surface area contributed by atoms with Gasteiger partial charge in [-0.3, -0.25) is 0 Å². The minimum Gasteiger partial charge on any atom is -0.494 e. The second-order valence-electron chi connectivity index (χ2n) is 5.89. The molecular weight excluding hydrogens is 246 g/mol. The van der Waals surface area contributed by atoms with Crippen molar-refractivity contribution in [3.63, 3.8) is 0 Å². The summed E-state index contributed by atoms with van der Waals surface area (Å²) in [6.07, 6.45) is 7.60. The molecule has 0 saturated heterocycles. The highest BCUT2D eigenvalue weighted by Gasteiger charge is 2.25. The van der Waals surface area contributed by atoms with Crippen molar-refractivity contribution in [3.8, 4) is 5.75 Å². The summed E-state index contributed by atoms with van der Waals surface area (Å²) >= 11 is 0. The van der Waals surface area contributed by atoms with Crippen molar-refractivity contribution >= 4 is 0 Å². The van der Waals surface area contributed by atoms with Crippen molar-refractivity contribution in [2.75, 3.05) is 13.2 Å². The minimum absolute atomic E-state index is 0.718. The summed E-state index contributed by atoms with van der Waals surface area (Å²) in [5.41, 5.74) is 1.41. The topological polar surface area (TPSA) is 21.3 Å². The molecule has 2 unspecified atom stereocenters. The van der Waals surface area contributed by atoms with Crippen LogP contribution in [-0.2, 0) is 6.42 Å². The second-order valence-corrected chi connectivity index (χ2v) is 5.89. The number of ether oxygens (including phenoxy) is 1. The molecule has 1 aromatic carbocycles. The summed E-state index contributed by atoms with van der Waals surface area (Å²) in [6, 6.07) is 9.32. The van der Waals surface area contributed by atoms with E-state index in [1.807, 2.05) is 0 Å². The van der Waals surface area contributed by atoms with Crippen molar-refractivity contribution in [2.24, 2.45) is 5.92 Å². The van der Waals surface area contributed by atoms with Gasteiger partial charge in [0.1, 0.15) is 5.75 Å². The molecule has 112 valence electrons. The van der Waals surface area contributed by atoms with E-state index in [0.717, 1.165) is 37.3 Å². The first-order chi connectivity index (χ1) is 9.83. The molecule has 1 fully saturated rings. The summed E-state index contributed by atoms with van der Waals surface area (Å²) in [4.78, 5) is 0. The molecule has 0 aromatic heterocycles. The van der Waals surface area contributed by atoms with E-state index in [4.69, 9.17) is 4.74 Å². The third-order valence-corrected chi connectivity index (χ3v) is 4.34. The molecule has 0 heterocycles. The lowest BCUT2D eigenvalue weighted by Gasteiger charge is -2.20. The maximum Gasteiger partial charge on any atom is 0.119 e. The number of aryl methyl sites for hydroxylation is 1. The van der Waals surface area contributed by atoms with Crippen molar-refractivity contribution in [1.82, 2.24) is 5.32 Å². The third kappa shape index (κ3) is 4.52. The molecule has 0 radical (unpaired) electrons. The summed E-state index contributed by atoms with van der Waals surface area (Å²) < 4.78 is 5.90. The normalized spacial score (nSPS) is 22.1. The van der Waals surface area contributed by atoms with Gasteiger partial charge >= 0.3 is 0 Å². The van der Waals surface area contributed by atoms with Crippen molar-refractivity contribution < 1.29 is 4.74 Å². The number of rotatable bonds is 8. The van der Waals surface area contributed by atoms with E-state index in [0.29, 0.717) is 0 Å². The standard InChI is InChI=1S/C18H29NO/c1-3-6-15-9-11-17(12-10-15)20-14-13-16-7-5-8-18(16)19-4-2/h9-12,16,18-19H,3-8,13-14H2,1-2H3. The van der Waals surface area contributed by atoms with Crippen LogP contribution < -0.4 is 10.1 Å². The van der Waals surface area contributed by atoms with Crippen LogP contribution in [0.1, 0.15) is 51.5 Å². The zero-order valence-electron chi connectivity index (χ0n) is 13.0. The van der Waals surface area contributed by atoms with Crippen LogP contribution in [0.3, 0.4) is 0 Å². The maximum absolute atomic E-state index is 5.90. The molecule has 2 heteroatoms. The van der Waals surface area contributed by atoms with Gasteiger partial charge in [-0.2, -0.15) is 0 Å². The average Bonchev–Trinajstić information content (AvgIpc) is 2.89. The van der Waals surface area contributed by atoms with E-state index >= 15 is 0 Å². The van der Waals surface area contributed by atoms with Crippen molar-refractivity contribution in [2.45, 2.75) is 58.4 Å². The molecule has 0 bridgehead atoms. The molecule has 2 atom stereocenters. The Morgan fingerprint density at radius 3 is 2.65 bits per heavy atom. The lowest BCUT2D eigenvalue weighted by molar-refractivity contribution is 0.261. The first-order valence-electron chi connectivity index (χ1n) is 8.28. The molecule has 2 rings (SSSR count). The molecule has 2 nitrogen and oxygen atoms in total. The SMILES string of the molecule is CCCc1ccc(OCCC2CCCC2NCC)cc1. The van der Waals surface area contributed by atoms with E-state index in [9.17, 15) is 0 Å². The summed E-state index contributed by atoms with van der Waals surface area (Å²) in [6.45, 7) is 6.34. The van der Waals surface area contributed by atoms with Crippen LogP contribution in [0.2, 0.25) is 0 Å². The smallest absolute Gasteiger partial charge is 0.119 e. The van der Waals surface area contributed by atoms with Crippen LogP contribution in [0.4, 0.5) is 0 Å². The Kier molecular flexibility index (Phi) is 6.38. The highest BCUT2D eigenvalue weighted by Crippen LogP contribution is 2.28. The molecule has 0 spiro atoms. The Morgan fingerprint density at radius 2 is 1.95 bits per heavy atom. The van der Waals surface area contributed by atoms with E-state index in [1.54, 1.807) is 0 Å². The Morgan fingerprint density at radius 1 is 1.15 bits per heavy atom. The summed E-state index contributed by atoms with van der Waals surface area (Å²) in [7, 11) is 0. The zero-order valence-corrected chi connectivity index (χ0v) is 13.0. The second kappa shape index (κ2) is 8.31. The van der Waals surface area contributed by atoms with Gasteiger partial charge in [-0.25, -0.2) is 0 Å². The van der Waals surface area contributed by atoms with Gasteiger partial charge in [-0.05, 0) is 55.8 Å². The summed E-state index contributed by atoms with van der Waals surface area (Å²) in [5.74, 6) is 1.82. The predicted octanol–water partition coefficient (Wildman–Crippen LogP) is 4.19. The van der Waals surface area contributed by atoms with Crippen LogP contribution in [0.25, 0.3) is 0 Å². The largest absolute Gasteiger partial charge is 0.494 e. The van der Waals surface area contributed by atoms with E-state index in [2.05, 4.69) is 43.4 Å². The van der Waals surface area contributed by atoms with Gasteiger partial charge in [0, 0.05) is 6.04 Å². The molecule has 1 aliphatic carbocycles. The Labute approximate surface area is 123 Å². The van der Waals surface area contributed by atoms with Crippen LogP contribution in [-0.4, -0.2) is 19.2 Å². The molecule has 1 N–H and O–H groups in total. The van der Waals surface area contributed by atoms with Crippen molar-refractivity contribution in [3.05, 3.63) is 29.8 Å². The Balaban J connectivity index is 1.72. The number of hydrogen-bond acceptors (Lipinski definition) is 2. The van der Waals surface area contributed by atoms with Gasteiger partial charge < -0.3 is 10.1 Å². The third-order valence-electron chi connectivity index (χ3n) is 4.34. The lowest BCUT2D eigenvalue weighted by Crippen LogP contribution is -2.32. The first-order valence-corrected chi connectivity index (χ1v) is 8.28. The highest BCUT2D eigenvalue weighted by molar-refractivity contribution is 5.27. The van der Waals surface area contributed by atoms with E-state index in [-0.39, 0.29) is 0 Å². The fourth-order valence-corrected chi connectivity index (χ4v) is 3.28. The number of benzene rings is 1. The molecule has 1 aliphatic rings. The molecular formula is C18H29NO. The van der Waals surface area contributed by atoms with E-state index < -0.39 is 0 Å². The molecule has 20 heavy (non-hydrogen) atoms. The van der Waals surface area contributed by atoms with Crippen LogP contribution in [0.15, 0.2) is 24.3 Å². The highest BCUT2D eigenvalue weighted by atomic mass is 16.5. The first kappa shape index (κ1) is 15.4. The molecule has 0 aliphatic heterocycles. The predicted molar refractivity (Wildman–Crippen MR) is 85.4 cm³/mol. The number of nitrogens with one attached hydrogen (secondary N) is 1. The van der Waals surface area contributed by atoms with Gasteiger partial charge in [0.05, 0.1) is 6.61 Å². The fourth-order valence-electron chi connectivity index (χ4n) is 3.28. The van der Waals surface area contributed by atoms with Gasteiger partial charge in [-0.15, -0.1) is 0 Å². The number of hydrogen-bond donors (Lipinski definition) is 1. The minimum atomic E-state index is 0.718. The maximum atomic E-state index is 5.90. The van der Waals surface area contributed by atoms with Gasteiger partial charge in [-0.1, -0.05) is 38.8 Å². The van der Waals surface area contributed by atoms with Crippen LogP contribution >= 0.6 is 0 Å². The fraction of sp³-hybridized carbons (Fsp3) is 0.667. The molecule has 1 saturated carbocycles. The van der Waals surface area contributed by atoms with Crippen molar-refractivity contribution in [1.29, 1.82) is 0 Å². The lowest BCUT2D eigenvalue weighted by atomic mass is 10.00. The zero-order chi connectivity index (χ0) is 14.2. The molecule has 1 aromatic rings. The van der Waals surface area contributed by atoms with Gasteiger partial charge in [0.2, 0.25) is 0 Å². The van der Waals surface area contributed by atoms with Crippen LogP contribution in [0, 0.1) is 5.92 Å². The van der Waals surface area contributed by atoms with Gasteiger partial charge in [0.25, 0.3) is 0 Å². The Hall–Kier alpha value is -1.02. The summed E-state index contributed by atoms with van der Waals surface area (Å²) in [5, 5.41) is 3.61. The van der Waals surface area contributed by atoms with E-state index in [1.165, 1.54) is 37.7 Å². The quantitative estimate of drug-likeness (QED) is 0.768. The van der Waals surface area contributed by atoms with Gasteiger partial charge in [0.15, 0.2) is 0 Å². The average molecular weight is 275 g/mol. The molecule has 0 amide bonds. The monoisotopic (exact) mass is 275 g/mol.